The van der Waals surface area contributed by atoms with Gasteiger partial charge in [-0.05, 0) is 116 Å². The molecule has 0 saturated carbocycles. The fourth-order valence-electron chi connectivity index (χ4n) is 7.63. The van der Waals surface area contributed by atoms with E-state index in [1.54, 1.807) is 0 Å². The van der Waals surface area contributed by atoms with Gasteiger partial charge in [0, 0.05) is 19.3 Å². The quantitative estimate of drug-likeness (QED) is 0.0262. The van der Waals surface area contributed by atoms with Crippen molar-refractivity contribution in [1.29, 1.82) is 0 Å². The lowest BCUT2D eigenvalue weighted by Gasteiger charge is -2.18. The molecule has 0 amide bonds. The fraction of sp³-hybridized carbons (Fsp3) is 0.721. The van der Waals surface area contributed by atoms with Gasteiger partial charge in [-0.15, -0.1) is 0 Å². The van der Waals surface area contributed by atoms with Gasteiger partial charge < -0.3 is 14.2 Å². The predicted molar refractivity (Wildman–Crippen MR) is 288 cm³/mol. The average molecular weight is 933 g/mol. The molecule has 1 atom stereocenters. The molecule has 0 heterocycles. The van der Waals surface area contributed by atoms with Crippen LogP contribution < -0.4 is 0 Å². The van der Waals surface area contributed by atoms with Gasteiger partial charge in [-0.2, -0.15) is 0 Å². The molecule has 0 aromatic heterocycles. The summed E-state index contributed by atoms with van der Waals surface area (Å²) in [5, 5.41) is 0. The molecule has 67 heavy (non-hydrogen) atoms. The van der Waals surface area contributed by atoms with E-state index in [1.165, 1.54) is 96.3 Å². The molecule has 6 heteroatoms. The van der Waals surface area contributed by atoms with E-state index in [-0.39, 0.29) is 31.1 Å². The third-order valence-electron chi connectivity index (χ3n) is 11.9. The van der Waals surface area contributed by atoms with Crippen molar-refractivity contribution in [2.24, 2.45) is 0 Å². The molecule has 0 unspecified atom stereocenters. The highest BCUT2D eigenvalue weighted by atomic mass is 16.6. The van der Waals surface area contributed by atoms with Gasteiger partial charge >= 0.3 is 17.9 Å². The van der Waals surface area contributed by atoms with Crippen LogP contribution in [0.3, 0.4) is 0 Å². The topological polar surface area (TPSA) is 78.9 Å². The van der Waals surface area contributed by atoms with Crippen molar-refractivity contribution in [2.75, 3.05) is 13.2 Å². The normalized spacial score (nSPS) is 12.7. The summed E-state index contributed by atoms with van der Waals surface area (Å²) >= 11 is 0. The van der Waals surface area contributed by atoms with Crippen LogP contribution in [-0.4, -0.2) is 37.2 Å². The van der Waals surface area contributed by atoms with E-state index in [2.05, 4.69) is 106 Å². The largest absolute Gasteiger partial charge is 0.462 e. The van der Waals surface area contributed by atoms with Crippen molar-refractivity contribution in [3.63, 3.8) is 0 Å². The Morgan fingerprint density at radius 3 is 0.910 bits per heavy atom. The highest BCUT2D eigenvalue weighted by molar-refractivity contribution is 5.71. The number of hydrogen-bond acceptors (Lipinski definition) is 6. The zero-order valence-corrected chi connectivity index (χ0v) is 43.9. The molecular weight excluding hydrogens is 829 g/mol. The smallest absolute Gasteiger partial charge is 0.306 e. The molecule has 0 aliphatic heterocycles. The molecule has 384 valence electrons. The number of hydrogen-bond donors (Lipinski definition) is 0. The standard InChI is InChI=1S/C61H104O6/c1-4-7-10-13-16-19-22-25-28-29-30-31-34-36-39-42-45-48-51-54-60(63)66-57-58(67-61(64)55-52-49-46-43-40-37-33-27-24-21-18-15-12-9-6-3)56-65-59(62)53-50-47-44-41-38-35-32-26-23-20-17-14-11-8-5-2/h8,11,16-21,25-28,32-33,58H,4-7,9-10,12-15,22-24,29-31,34-57H2,1-3H3/b11-8-,19-16-,20-17-,21-18-,28-25-,32-26-,33-27-/t58-/m1/s1. The Morgan fingerprint density at radius 1 is 0.313 bits per heavy atom. The van der Waals surface area contributed by atoms with E-state index in [0.29, 0.717) is 19.3 Å². The minimum absolute atomic E-state index is 0.0903. The Morgan fingerprint density at radius 2 is 0.582 bits per heavy atom. The lowest BCUT2D eigenvalue weighted by Crippen LogP contribution is -2.30. The lowest BCUT2D eigenvalue weighted by molar-refractivity contribution is -0.167. The number of carbonyl (C=O) groups excluding carboxylic acids is 3. The van der Waals surface area contributed by atoms with Crippen LogP contribution in [0.4, 0.5) is 0 Å². The molecule has 0 bridgehead atoms. The summed E-state index contributed by atoms with van der Waals surface area (Å²) in [5.74, 6) is -0.922. The minimum atomic E-state index is -0.793. The second-order valence-electron chi connectivity index (χ2n) is 18.5. The van der Waals surface area contributed by atoms with Crippen LogP contribution in [0.1, 0.15) is 265 Å². The molecule has 0 spiro atoms. The monoisotopic (exact) mass is 933 g/mol. The highest BCUT2D eigenvalue weighted by Crippen LogP contribution is 2.14. The maximum absolute atomic E-state index is 12.8. The van der Waals surface area contributed by atoms with Crippen LogP contribution in [0.2, 0.25) is 0 Å². The Bertz CT molecular complexity index is 1300. The Labute approximate surface area is 414 Å². The summed E-state index contributed by atoms with van der Waals surface area (Å²) < 4.78 is 16.8. The Balaban J connectivity index is 4.42. The predicted octanol–water partition coefficient (Wildman–Crippen LogP) is 18.8. The summed E-state index contributed by atoms with van der Waals surface area (Å²) in [5.41, 5.74) is 0. The van der Waals surface area contributed by atoms with Crippen LogP contribution in [0.25, 0.3) is 0 Å². The third-order valence-corrected chi connectivity index (χ3v) is 11.9. The van der Waals surface area contributed by atoms with Gasteiger partial charge in [-0.3, -0.25) is 14.4 Å². The first-order valence-electron chi connectivity index (χ1n) is 28.1. The van der Waals surface area contributed by atoms with Gasteiger partial charge in [-0.25, -0.2) is 0 Å². The van der Waals surface area contributed by atoms with E-state index in [9.17, 15) is 14.4 Å². The number of rotatable bonds is 50. The summed E-state index contributed by atoms with van der Waals surface area (Å²) in [7, 11) is 0. The van der Waals surface area contributed by atoms with Crippen molar-refractivity contribution in [1.82, 2.24) is 0 Å². The maximum atomic E-state index is 12.8. The highest BCUT2D eigenvalue weighted by Gasteiger charge is 2.19. The van der Waals surface area contributed by atoms with Crippen LogP contribution in [0.5, 0.6) is 0 Å². The zero-order chi connectivity index (χ0) is 48.6. The molecule has 0 radical (unpaired) electrons. The first-order valence-corrected chi connectivity index (χ1v) is 28.1. The molecule has 0 aromatic carbocycles. The number of carbonyl (C=O) groups is 3. The molecule has 0 N–H and O–H groups in total. The molecule has 0 saturated heterocycles. The molecule has 0 rings (SSSR count). The van der Waals surface area contributed by atoms with Gasteiger partial charge in [0.1, 0.15) is 13.2 Å². The lowest BCUT2D eigenvalue weighted by atomic mass is 10.1. The Hall–Kier alpha value is -3.41. The van der Waals surface area contributed by atoms with Crippen molar-refractivity contribution in [3.8, 4) is 0 Å². The van der Waals surface area contributed by atoms with Crippen molar-refractivity contribution < 1.29 is 28.6 Å². The van der Waals surface area contributed by atoms with Gasteiger partial charge in [0.2, 0.25) is 0 Å². The van der Waals surface area contributed by atoms with Crippen LogP contribution >= 0.6 is 0 Å². The van der Waals surface area contributed by atoms with Crippen molar-refractivity contribution >= 4 is 17.9 Å². The van der Waals surface area contributed by atoms with Gasteiger partial charge in [0.15, 0.2) is 6.10 Å². The number of ether oxygens (including phenoxy) is 3. The van der Waals surface area contributed by atoms with Crippen LogP contribution in [-0.2, 0) is 28.6 Å². The minimum Gasteiger partial charge on any atom is -0.462 e. The second-order valence-corrected chi connectivity index (χ2v) is 18.5. The summed E-state index contributed by atoms with van der Waals surface area (Å²) in [6, 6.07) is 0. The summed E-state index contributed by atoms with van der Waals surface area (Å²) in [4.78, 5) is 38.1. The Kier molecular flexibility index (Phi) is 52.4. The molecule has 0 aliphatic rings. The molecule has 6 nitrogen and oxygen atoms in total. The van der Waals surface area contributed by atoms with Crippen LogP contribution in [0, 0.1) is 0 Å². The fourth-order valence-corrected chi connectivity index (χ4v) is 7.63. The van der Waals surface area contributed by atoms with Gasteiger partial charge in [-0.1, -0.05) is 215 Å². The van der Waals surface area contributed by atoms with E-state index in [4.69, 9.17) is 14.2 Å². The van der Waals surface area contributed by atoms with Crippen molar-refractivity contribution in [2.45, 2.75) is 271 Å². The van der Waals surface area contributed by atoms with E-state index in [0.717, 1.165) is 128 Å². The molecule has 0 aliphatic carbocycles. The average Bonchev–Trinajstić information content (AvgIpc) is 3.33. The second kappa shape index (κ2) is 55.2. The van der Waals surface area contributed by atoms with E-state index < -0.39 is 6.10 Å². The molecule has 0 fully saturated rings. The summed E-state index contributed by atoms with van der Waals surface area (Å²) in [6.07, 6.45) is 71.3. The van der Waals surface area contributed by atoms with E-state index in [1.807, 2.05) is 0 Å². The van der Waals surface area contributed by atoms with Crippen LogP contribution in [0.15, 0.2) is 85.1 Å². The summed E-state index contributed by atoms with van der Waals surface area (Å²) in [6.45, 7) is 6.46. The zero-order valence-electron chi connectivity index (χ0n) is 43.9. The SMILES string of the molecule is CC/C=C\C/C=C\C/C=C\CCCCCCCC(=O)OC[C@H](COC(=O)CCCCCCCCCCC/C=C\C/C=C\CCCCC)OC(=O)CCCCCCC/C=C\C/C=C\CCCCC. The first-order chi connectivity index (χ1) is 33.0. The number of unbranched alkanes of at least 4 members (excludes halogenated alkanes) is 25. The number of esters is 3. The maximum Gasteiger partial charge on any atom is 0.306 e. The third kappa shape index (κ3) is 53.4. The van der Waals surface area contributed by atoms with Crippen molar-refractivity contribution in [3.05, 3.63) is 85.1 Å². The molecular formula is C61H104O6. The number of allylic oxidation sites excluding steroid dienone is 14. The van der Waals surface area contributed by atoms with Gasteiger partial charge in [0.25, 0.3) is 0 Å². The first kappa shape index (κ1) is 63.6. The van der Waals surface area contributed by atoms with Gasteiger partial charge in [0.05, 0.1) is 0 Å². The molecule has 0 aromatic rings. The van der Waals surface area contributed by atoms with E-state index >= 15 is 0 Å².